The summed E-state index contributed by atoms with van der Waals surface area (Å²) >= 11 is 1.45. The second kappa shape index (κ2) is 7.64. The molecule has 3 aliphatic rings. The van der Waals surface area contributed by atoms with Crippen molar-refractivity contribution in [2.24, 2.45) is 17.6 Å². The zero-order chi connectivity index (χ0) is 16.7. The maximum absolute atomic E-state index is 13.1. The van der Waals surface area contributed by atoms with Crippen LogP contribution in [0.4, 0.5) is 0 Å². The highest BCUT2D eigenvalue weighted by molar-refractivity contribution is 7.12. The van der Waals surface area contributed by atoms with Crippen molar-refractivity contribution in [1.82, 2.24) is 9.80 Å². The first kappa shape index (κ1) is 18.7. The molecule has 4 atom stereocenters. The Kier molecular flexibility index (Phi) is 5.71. The van der Waals surface area contributed by atoms with Gasteiger partial charge >= 0.3 is 0 Å². The second-order valence-corrected chi connectivity index (χ2v) is 8.34. The van der Waals surface area contributed by atoms with E-state index < -0.39 is 0 Å². The molecular formula is C18H26ClN3O2S. The van der Waals surface area contributed by atoms with Gasteiger partial charge in [-0.1, -0.05) is 6.07 Å². The lowest BCUT2D eigenvalue weighted by Gasteiger charge is -2.36. The van der Waals surface area contributed by atoms with Crippen molar-refractivity contribution in [3.05, 3.63) is 22.4 Å². The summed E-state index contributed by atoms with van der Waals surface area (Å²) in [6, 6.07) is 3.69. The second-order valence-electron chi connectivity index (χ2n) is 7.40. The quantitative estimate of drug-likeness (QED) is 0.852. The number of rotatable bonds is 2. The first-order valence-electron chi connectivity index (χ1n) is 9.04. The molecule has 1 aromatic rings. The molecule has 0 aromatic carbocycles. The number of hydrogen-bond acceptors (Lipinski definition) is 4. The Labute approximate surface area is 158 Å². The van der Waals surface area contributed by atoms with Crippen LogP contribution in [0, 0.1) is 11.8 Å². The first-order valence-corrected chi connectivity index (χ1v) is 9.92. The molecular weight excluding hydrogens is 358 g/mol. The molecule has 0 radical (unpaired) electrons. The summed E-state index contributed by atoms with van der Waals surface area (Å²) in [4.78, 5) is 30.4. The molecule has 3 heterocycles. The normalized spacial score (nSPS) is 31.6. The Balaban J connectivity index is 0.00000182. The lowest BCUT2D eigenvalue weighted by Crippen LogP contribution is -2.52. The van der Waals surface area contributed by atoms with Crippen LogP contribution in [-0.2, 0) is 4.79 Å². The minimum Gasteiger partial charge on any atom is -0.340 e. The summed E-state index contributed by atoms with van der Waals surface area (Å²) < 4.78 is 0. The maximum Gasteiger partial charge on any atom is 0.264 e. The fourth-order valence-corrected chi connectivity index (χ4v) is 5.35. The highest BCUT2D eigenvalue weighted by atomic mass is 35.5. The van der Waals surface area contributed by atoms with Gasteiger partial charge in [-0.25, -0.2) is 0 Å². The van der Waals surface area contributed by atoms with Crippen molar-refractivity contribution >= 4 is 35.6 Å². The van der Waals surface area contributed by atoms with Gasteiger partial charge in [0.25, 0.3) is 5.91 Å². The van der Waals surface area contributed by atoms with Gasteiger partial charge in [0.2, 0.25) is 5.91 Å². The number of carbonyl (C=O) groups excluding carboxylic acids is 2. The molecule has 1 aromatic heterocycles. The molecule has 3 fully saturated rings. The Bertz CT molecular complexity index is 624. The molecule has 0 spiro atoms. The number of likely N-dealkylation sites (tertiary alicyclic amines) is 2. The molecule has 4 unspecified atom stereocenters. The number of halogens is 1. The highest BCUT2D eigenvalue weighted by Gasteiger charge is 2.45. The van der Waals surface area contributed by atoms with Gasteiger partial charge in [-0.3, -0.25) is 9.59 Å². The molecule has 4 rings (SSSR count). The third kappa shape index (κ3) is 3.44. The van der Waals surface area contributed by atoms with Crippen LogP contribution in [0.5, 0.6) is 0 Å². The summed E-state index contributed by atoms with van der Waals surface area (Å²) in [6.07, 6.45) is 5.01. The monoisotopic (exact) mass is 383 g/mol. The van der Waals surface area contributed by atoms with Crippen LogP contribution in [0.25, 0.3) is 0 Å². The fourth-order valence-electron chi connectivity index (χ4n) is 4.67. The van der Waals surface area contributed by atoms with Crippen molar-refractivity contribution in [3.63, 3.8) is 0 Å². The van der Waals surface area contributed by atoms with E-state index in [1.54, 1.807) is 0 Å². The third-order valence-corrected chi connectivity index (χ3v) is 6.86. The summed E-state index contributed by atoms with van der Waals surface area (Å²) in [5.74, 6) is 1.17. The van der Waals surface area contributed by atoms with E-state index in [0.717, 1.165) is 50.1 Å². The number of nitrogens with zero attached hydrogens (tertiary/aromatic N) is 2. The summed E-state index contributed by atoms with van der Waals surface area (Å²) in [6.45, 7) is 2.30. The molecule has 2 saturated heterocycles. The number of amides is 2. The van der Waals surface area contributed by atoms with Crippen molar-refractivity contribution in [1.29, 1.82) is 0 Å². The molecule has 25 heavy (non-hydrogen) atoms. The molecule has 138 valence electrons. The number of thiophene rings is 1. The van der Waals surface area contributed by atoms with E-state index in [1.807, 2.05) is 27.3 Å². The van der Waals surface area contributed by atoms with Crippen LogP contribution in [0.1, 0.15) is 41.8 Å². The molecule has 2 amide bonds. The lowest BCUT2D eigenvalue weighted by atomic mass is 9.98. The maximum atomic E-state index is 13.1. The number of carbonyl (C=O) groups is 2. The van der Waals surface area contributed by atoms with Crippen molar-refractivity contribution in [3.8, 4) is 0 Å². The van der Waals surface area contributed by atoms with Gasteiger partial charge in [0.15, 0.2) is 0 Å². The van der Waals surface area contributed by atoms with Gasteiger partial charge in [0.1, 0.15) is 6.04 Å². The number of nitrogens with two attached hydrogens (primary N) is 1. The van der Waals surface area contributed by atoms with E-state index >= 15 is 0 Å². The lowest BCUT2D eigenvalue weighted by molar-refractivity contribution is -0.136. The van der Waals surface area contributed by atoms with E-state index in [-0.39, 0.29) is 36.3 Å². The predicted molar refractivity (Wildman–Crippen MR) is 101 cm³/mol. The SMILES string of the molecule is Cl.NC1CCC2CN(C(=O)C3CCCCN3C(=O)c3cccs3)CC12. The molecule has 0 bridgehead atoms. The smallest absolute Gasteiger partial charge is 0.264 e. The third-order valence-electron chi connectivity index (χ3n) is 6.00. The topological polar surface area (TPSA) is 66.6 Å². The molecule has 7 heteroatoms. The largest absolute Gasteiger partial charge is 0.340 e. The van der Waals surface area contributed by atoms with Crippen LogP contribution in [0.2, 0.25) is 0 Å². The van der Waals surface area contributed by atoms with E-state index in [0.29, 0.717) is 18.4 Å². The van der Waals surface area contributed by atoms with E-state index in [1.165, 1.54) is 11.3 Å². The van der Waals surface area contributed by atoms with Crippen molar-refractivity contribution in [2.45, 2.75) is 44.2 Å². The van der Waals surface area contributed by atoms with Crippen LogP contribution >= 0.6 is 23.7 Å². The van der Waals surface area contributed by atoms with Crippen LogP contribution in [-0.4, -0.2) is 53.3 Å². The van der Waals surface area contributed by atoms with Gasteiger partial charge in [-0.15, -0.1) is 23.7 Å². The number of fused-ring (bicyclic) bond motifs is 1. The van der Waals surface area contributed by atoms with E-state index in [9.17, 15) is 9.59 Å². The van der Waals surface area contributed by atoms with Gasteiger partial charge in [0, 0.05) is 25.7 Å². The van der Waals surface area contributed by atoms with E-state index in [2.05, 4.69) is 0 Å². The average Bonchev–Trinajstić information content (AvgIpc) is 3.32. The highest BCUT2D eigenvalue weighted by Crippen LogP contribution is 2.38. The Morgan fingerprint density at radius 3 is 2.72 bits per heavy atom. The van der Waals surface area contributed by atoms with Crippen molar-refractivity contribution in [2.75, 3.05) is 19.6 Å². The first-order chi connectivity index (χ1) is 11.6. The minimum absolute atomic E-state index is 0. The van der Waals surface area contributed by atoms with Crippen LogP contribution in [0.15, 0.2) is 17.5 Å². The minimum atomic E-state index is -0.289. The average molecular weight is 384 g/mol. The van der Waals surface area contributed by atoms with Crippen LogP contribution < -0.4 is 5.73 Å². The molecule has 2 N–H and O–H groups in total. The molecule has 5 nitrogen and oxygen atoms in total. The zero-order valence-electron chi connectivity index (χ0n) is 14.3. The standard InChI is InChI=1S/C18H25N3O2S.ClH/c19-14-7-6-12-10-20(11-13(12)14)17(22)15-4-1-2-8-21(15)18(23)16-5-3-9-24-16;/h3,5,9,12-15H,1-2,4,6-8,10-11,19H2;1H. The van der Waals surface area contributed by atoms with E-state index in [4.69, 9.17) is 5.73 Å². The Hall–Kier alpha value is -1.11. The summed E-state index contributed by atoms with van der Waals surface area (Å²) in [5, 5.41) is 1.91. The number of hydrogen-bond donors (Lipinski definition) is 1. The number of piperidine rings is 1. The Morgan fingerprint density at radius 2 is 2.00 bits per heavy atom. The van der Waals surface area contributed by atoms with Gasteiger partial charge in [-0.2, -0.15) is 0 Å². The summed E-state index contributed by atoms with van der Waals surface area (Å²) in [5.41, 5.74) is 6.20. The van der Waals surface area contributed by atoms with Gasteiger partial charge in [-0.05, 0) is 55.4 Å². The van der Waals surface area contributed by atoms with Gasteiger partial charge < -0.3 is 15.5 Å². The fraction of sp³-hybridized carbons (Fsp3) is 0.667. The zero-order valence-corrected chi connectivity index (χ0v) is 15.9. The Morgan fingerprint density at radius 1 is 1.16 bits per heavy atom. The van der Waals surface area contributed by atoms with Crippen LogP contribution in [0.3, 0.4) is 0 Å². The molecule has 1 aliphatic carbocycles. The predicted octanol–water partition coefficient (Wildman–Crippen LogP) is 2.36. The van der Waals surface area contributed by atoms with Crippen molar-refractivity contribution < 1.29 is 9.59 Å². The molecule has 2 aliphatic heterocycles. The van der Waals surface area contributed by atoms with Gasteiger partial charge in [0.05, 0.1) is 4.88 Å². The molecule has 1 saturated carbocycles. The summed E-state index contributed by atoms with van der Waals surface area (Å²) in [7, 11) is 0.